The number of unbranched alkanes of at least 4 members (excludes halogenated alkanes) is 36. The van der Waals surface area contributed by atoms with Gasteiger partial charge in [0.15, 0.2) is 6.29 Å². The number of carbonyl (C=O) groups is 1. The molecule has 0 aromatic rings. The number of hydrogen-bond acceptors (Lipinski definition) is 8. The van der Waals surface area contributed by atoms with Crippen LogP contribution in [0.25, 0.3) is 0 Å². The Morgan fingerprint density at radius 3 is 1.16 bits per heavy atom. The van der Waals surface area contributed by atoms with Gasteiger partial charge in [0.2, 0.25) is 5.91 Å². The number of carbonyl (C=O) groups excluding carboxylic acids is 1. The summed E-state index contributed by atoms with van der Waals surface area (Å²) in [5.74, 6) is -0.145. The van der Waals surface area contributed by atoms with Crippen LogP contribution in [0.5, 0.6) is 0 Å². The van der Waals surface area contributed by atoms with Crippen LogP contribution < -0.4 is 5.32 Å². The van der Waals surface area contributed by atoms with Crippen LogP contribution >= 0.6 is 0 Å². The van der Waals surface area contributed by atoms with E-state index >= 15 is 0 Å². The van der Waals surface area contributed by atoms with Crippen LogP contribution in [0.3, 0.4) is 0 Å². The van der Waals surface area contributed by atoms with E-state index in [9.17, 15) is 30.3 Å². The lowest BCUT2D eigenvalue weighted by atomic mass is 9.99. The van der Waals surface area contributed by atoms with Crippen molar-refractivity contribution < 1.29 is 39.8 Å². The summed E-state index contributed by atoms with van der Waals surface area (Å²) in [5.41, 5.74) is 0. The van der Waals surface area contributed by atoms with Gasteiger partial charge in [0.25, 0.3) is 0 Å². The van der Waals surface area contributed by atoms with Crippen molar-refractivity contribution in [2.75, 3.05) is 13.2 Å². The molecule has 1 aliphatic rings. The fraction of sp³-hybridized carbons (Fsp3) is 0.981. The molecule has 0 saturated carbocycles. The van der Waals surface area contributed by atoms with Gasteiger partial charge in [-0.05, 0) is 12.8 Å². The molecule has 7 atom stereocenters. The summed E-state index contributed by atoms with van der Waals surface area (Å²) in [5, 5.41) is 53.9. The van der Waals surface area contributed by atoms with Gasteiger partial charge < -0.3 is 40.3 Å². The molecule has 6 N–H and O–H groups in total. The molecule has 0 radical (unpaired) electrons. The molecule has 1 saturated heterocycles. The molecule has 0 bridgehead atoms. The Morgan fingerprint density at radius 1 is 0.492 bits per heavy atom. The number of aliphatic hydroxyl groups is 5. The third-order valence-electron chi connectivity index (χ3n) is 13.2. The standard InChI is InChI=1S/C52H103NO8/c1-3-5-7-9-10-11-12-13-14-15-16-17-18-19-20-21-22-23-24-25-26-27-28-29-30-31-32-33-34-35-36-38-40-42-48(56)53-45(46(55)41-39-37-8-6-4-2)44-60-52-51(59)50(58)49(57)47(43-54)61-52/h45-47,49-52,54-55,57-59H,3-44H2,1-2H3,(H,53,56). The first-order valence-corrected chi connectivity index (χ1v) is 26.7. The van der Waals surface area contributed by atoms with Gasteiger partial charge in [-0.3, -0.25) is 4.79 Å². The third-order valence-corrected chi connectivity index (χ3v) is 13.2. The summed E-state index contributed by atoms with van der Waals surface area (Å²) in [6.45, 7) is 3.77. The van der Waals surface area contributed by atoms with Crippen LogP contribution in [0.15, 0.2) is 0 Å². The predicted molar refractivity (Wildman–Crippen MR) is 254 cm³/mol. The van der Waals surface area contributed by atoms with Crippen LogP contribution in [0, 0.1) is 0 Å². The van der Waals surface area contributed by atoms with Gasteiger partial charge in [0, 0.05) is 6.42 Å². The highest BCUT2D eigenvalue weighted by molar-refractivity contribution is 5.76. The molecule has 0 aromatic heterocycles. The predicted octanol–water partition coefficient (Wildman–Crippen LogP) is 12.3. The van der Waals surface area contributed by atoms with Crippen LogP contribution in [0.1, 0.15) is 271 Å². The lowest BCUT2D eigenvalue weighted by molar-refractivity contribution is -0.302. The molecule has 1 rings (SSSR count). The van der Waals surface area contributed by atoms with Crippen molar-refractivity contribution in [3.05, 3.63) is 0 Å². The van der Waals surface area contributed by atoms with Gasteiger partial charge in [-0.15, -0.1) is 0 Å². The van der Waals surface area contributed by atoms with Crippen molar-refractivity contribution in [1.29, 1.82) is 0 Å². The molecule has 0 spiro atoms. The third kappa shape index (κ3) is 33.3. The minimum absolute atomic E-state index is 0.135. The number of hydrogen-bond donors (Lipinski definition) is 6. The van der Waals surface area contributed by atoms with E-state index in [1.54, 1.807) is 0 Å². The zero-order valence-corrected chi connectivity index (χ0v) is 40.2. The number of rotatable bonds is 46. The van der Waals surface area contributed by atoms with Crippen molar-refractivity contribution in [3.63, 3.8) is 0 Å². The highest BCUT2D eigenvalue weighted by atomic mass is 16.7. The highest BCUT2D eigenvalue weighted by Crippen LogP contribution is 2.23. The number of aliphatic hydroxyl groups excluding tert-OH is 5. The first-order chi connectivity index (χ1) is 29.8. The van der Waals surface area contributed by atoms with Crippen molar-refractivity contribution >= 4 is 5.91 Å². The van der Waals surface area contributed by atoms with E-state index in [-0.39, 0.29) is 12.5 Å². The quantitative estimate of drug-likeness (QED) is 0.0331. The summed E-state index contributed by atoms with van der Waals surface area (Å²) in [7, 11) is 0. The Morgan fingerprint density at radius 2 is 0.820 bits per heavy atom. The average molecular weight is 870 g/mol. The second-order valence-electron chi connectivity index (χ2n) is 19.0. The van der Waals surface area contributed by atoms with E-state index in [2.05, 4.69) is 19.2 Å². The molecule has 1 heterocycles. The monoisotopic (exact) mass is 870 g/mol. The molecule has 1 amide bonds. The highest BCUT2D eigenvalue weighted by Gasteiger charge is 2.44. The fourth-order valence-electron chi connectivity index (χ4n) is 8.93. The number of nitrogens with one attached hydrogen (secondary N) is 1. The second kappa shape index (κ2) is 43.1. The molecule has 1 aliphatic heterocycles. The smallest absolute Gasteiger partial charge is 0.220 e. The van der Waals surface area contributed by atoms with E-state index in [1.807, 2.05) is 0 Å². The van der Waals surface area contributed by atoms with E-state index in [0.717, 1.165) is 51.4 Å². The molecule has 9 heteroatoms. The molecule has 0 aromatic carbocycles. The van der Waals surface area contributed by atoms with Gasteiger partial charge in [-0.2, -0.15) is 0 Å². The molecule has 364 valence electrons. The zero-order chi connectivity index (χ0) is 44.4. The summed E-state index contributed by atoms with van der Waals surface area (Å²) >= 11 is 0. The van der Waals surface area contributed by atoms with Gasteiger partial charge in [0.05, 0.1) is 25.4 Å². The Balaban J connectivity index is 1.96. The molecule has 1 fully saturated rings. The summed E-state index contributed by atoms with van der Waals surface area (Å²) in [6, 6.07) is -0.709. The van der Waals surface area contributed by atoms with Gasteiger partial charge >= 0.3 is 0 Å². The number of amides is 1. The molecule has 9 nitrogen and oxygen atoms in total. The Labute approximate surface area is 376 Å². The van der Waals surface area contributed by atoms with E-state index in [1.165, 1.54) is 193 Å². The van der Waals surface area contributed by atoms with Crippen molar-refractivity contribution in [2.24, 2.45) is 0 Å². The maximum absolute atomic E-state index is 12.9. The lowest BCUT2D eigenvalue weighted by Crippen LogP contribution is -2.60. The zero-order valence-electron chi connectivity index (χ0n) is 40.2. The molecular weight excluding hydrogens is 767 g/mol. The normalized spacial score (nSPS) is 20.3. The van der Waals surface area contributed by atoms with Gasteiger partial charge in [0.1, 0.15) is 24.4 Å². The maximum Gasteiger partial charge on any atom is 0.220 e. The van der Waals surface area contributed by atoms with E-state index in [0.29, 0.717) is 12.8 Å². The molecule has 7 unspecified atom stereocenters. The molecular formula is C52H103NO8. The van der Waals surface area contributed by atoms with Crippen molar-refractivity contribution in [3.8, 4) is 0 Å². The number of ether oxygens (including phenoxy) is 2. The average Bonchev–Trinajstić information content (AvgIpc) is 3.26. The second-order valence-corrected chi connectivity index (χ2v) is 19.0. The van der Waals surface area contributed by atoms with Crippen molar-refractivity contribution in [1.82, 2.24) is 5.32 Å². The fourth-order valence-corrected chi connectivity index (χ4v) is 8.93. The molecule has 61 heavy (non-hydrogen) atoms. The van der Waals surface area contributed by atoms with Crippen LogP contribution in [-0.2, 0) is 14.3 Å². The van der Waals surface area contributed by atoms with Crippen LogP contribution in [0.4, 0.5) is 0 Å². The summed E-state index contributed by atoms with van der Waals surface area (Å²) < 4.78 is 11.2. The summed E-state index contributed by atoms with van der Waals surface area (Å²) in [4.78, 5) is 12.9. The van der Waals surface area contributed by atoms with Crippen molar-refractivity contribution in [2.45, 2.75) is 314 Å². The van der Waals surface area contributed by atoms with Gasteiger partial charge in [-0.1, -0.05) is 251 Å². The Hall–Kier alpha value is -0.810. The van der Waals surface area contributed by atoms with Gasteiger partial charge in [-0.25, -0.2) is 0 Å². The minimum atomic E-state index is -1.55. The Bertz CT molecular complexity index is 924. The summed E-state index contributed by atoms with van der Waals surface area (Å²) in [6.07, 6.45) is 43.6. The first kappa shape index (κ1) is 58.2. The molecule has 0 aliphatic carbocycles. The SMILES string of the molecule is CCCCCCCCCCCCCCCCCCCCCCCCCCCCCCCCCCCC(=O)NC(COC1OC(CO)C(O)C(O)C1O)C(O)CCCCCCC. The van der Waals surface area contributed by atoms with E-state index in [4.69, 9.17) is 9.47 Å². The maximum atomic E-state index is 12.9. The topological polar surface area (TPSA) is 149 Å². The van der Waals surface area contributed by atoms with E-state index < -0.39 is 49.5 Å². The Kier molecular flexibility index (Phi) is 41.1. The van der Waals surface area contributed by atoms with Crippen LogP contribution in [0.2, 0.25) is 0 Å². The lowest BCUT2D eigenvalue weighted by Gasteiger charge is -2.40. The largest absolute Gasteiger partial charge is 0.394 e. The first-order valence-electron chi connectivity index (χ1n) is 26.7. The minimum Gasteiger partial charge on any atom is -0.394 e. The van der Waals surface area contributed by atoms with Crippen LogP contribution in [-0.4, -0.2) is 87.5 Å².